The predicted octanol–water partition coefficient (Wildman–Crippen LogP) is 0.629. The number of nitrogens with two attached hydrogens (primary N) is 1. The molecule has 1 aromatic carbocycles. The van der Waals surface area contributed by atoms with Gasteiger partial charge >= 0.3 is 0 Å². The largest absolute Gasteiger partial charge is 0.352 e. The zero-order valence-corrected chi connectivity index (χ0v) is 13.1. The van der Waals surface area contributed by atoms with Gasteiger partial charge in [-0.05, 0) is 31.7 Å². The van der Waals surface area contributed by atoms with Gasteiger partial charge in [-0.1, -0.05) is 18.2 Å². The Morgan fingerprint density at radius 3 is 2.76 bits per heavy atom. The van der Waals surface area contributed by atoms with Gasteiger partial charge in [-0.2, -0.15) is 0 Å². The van der Waals surface area contributed by atoms with Crippen LogP contribution in [0.3, 0.4) is 0 Å². The topological polar surface area (TPSA) is 92.5 Å². The third kappa shape index (κ3) is 5.30. The van der Waals surface area contributed by atoms with Gasteiger partial charge in [-0.3, -0.25) is 9.69 Å². The summed E-state index contributed by atoms with van der Waals surface area (Å²) < 4.78 is 22.7. The predicted molar refractivity (Wildman–Crippen MR) is 82.1 cm³/mol. The molecular formula is C14H21N3O3S. The molecule has 116 valence electrons. The summed E-state index contributed by atoms with van der Waals surface area (Å²) in [6.07, 6.45) is 1.61. The maximum Gasteiger partial charge on any atom is 0.238 e. The summed E-state index contributed by atoms with van der Waals surface area (Å²) in [6.45, 7) is 6.04. The highest BCUT2D eigenvalue weighted by molar-refractivity contribution is 7.89. The first-order valence-electron chi connectivity index (χ1n) is 6.46. The molecule has 7 heteroatoms. The zero-order chi connectivity index (χ0) is 16.0. The number of amides is 1. The van der Waals surface area contributed by atoms with Crippen molar-refractivity contribution < 1.29 is 13.2 Å². The second-order valence-electron chi connectivity index (χ2n) is 4.80. The van der Waals surface area contributed by atoms with Crippen LogP contribution in [0.15, 0.2) is 41.8 Å². The number of carbonyl (C=O) groups excluding carboxylic acids is 1. The normalized spacial score (nSPS) is 13.0. The van der Waals surface area contributed by atoms with Crippen molar-refractivity contribution in [2.75, 3.05) is 20.1 Å². The molecule has 1 aromatic rings. The van der Waals surface area contributed by atoms with Gasteiger partial charge in [-0.25, -0.2) is 13.6 Å². The molecule has 0 aliphatic carbocycles. The summed E-state index contributed by atoms with van der Waals surface area (Å²) in [4.78, 5) is 13.5. The van der Waals surface area contributed by atoms with Gasteiger partial charge in [0, 0.05) is 12.6 Å². The van der Waals surface area contributed by atoms with Crippen LogP contribution in [0.4, 0.5) is 0 Å². The lowest BCUT2D eigenvalue weighted by Gasteiger charge is -2.24. The third-order valence-electron chi connectivity index (χ3n) is 3.17. The first-order valence-corrected chi connectivity index (χ1v) is 8.01. The van der Waals surface area contributed by atoms with Gasteiger partial charge < -0.3 is 5.32 Å². The van der Waals surface area contributed by atoms with Crippen LogP contribution >= 0.6 is 0 Å². The van der Waals surface area contributed by atoms with Crippen molar-refractivity contribution in [3.8, 4) is 0 Å². The van der Waals surface area contributed by atoms with Gasteiger partial charge in [0.1, 0.15) is 0 Å². The van der Waals surface area contributed by atoms with Crippen molar-refractivity contribution in [3.05, 3.63) is 42.5 Å². The fourth-order valence-corrected chi connectivity index (χ4v) is 2.38. The number of rotatable bonds is 7. The second kappa shape index (κ2) is 7.35. The number of nitrogens with zero attached hydrogens (tertiary/aromatic N) is 1. The Morgan fingerprint density at radius 1 is 1.52 bits per heavy atom. The standard InChI is InChI=1S/C14H21N3O3S/c1-4-8-16-14(18)10-17(3)11(2)12-6-5-7-13(9-12)21(15,19)20/h4-7,9,11H,1,8,10H2,2-3H3,(H,16,18)(H2,15,19,20)/t11-/m1/s1. The molecule has 0 saturated heterocycles. The smallest absolute Gasteiger partial charge is 0.238 e. The van der Waals surface area contributed by atoms with Crippen molar-refractivity contribution in [1.29, 1.82) is 0 Å². The summed E-state index contributed by atoms with van der Waals surface area (Å²) >= 11 is 0. The van der Waals surface area contributed by atoms with Crippen LogP contribution in [0.2, 0.25) is 0 Å². The van der Waals surface area contributed by atoms with E-state index in [9.17, 15) is 13.2 Å². The van der Waals surface area contributed by atoms with Gasteiger partial charge in [0.25, 0.3) is 0 Å². The Bertz CT molecular complexity index is 614. The van der Waals surface area contributed by atoms with Crippen molar-refractivity contribution in [2.45, 2.75) is 17.9 Å². The Kier molecular flexibility index (Phi) is 6.07. The molecule has 0 aliphatic heterocycles. The van der Waals surface area contributed by atoms with Crippen LogP contribution in [-0.2, 0) is 14.8 Å². The highest BCUT2D eigenvalue weighted by Crippen LogP contribution is 2.20. The lowest BCUT2D eigenvalue weighted by atomic mass is 10.1. The molecule has 0 heterocycles. The molecule has 3 N–H and O–H groups in total. The minimum Gasteiger partial charge on any atom is -0.352 e. The van der Waals surface area contributed by atoms with E-state index in [2.05, 4.69) is 11.9 Å². The fraction of sp³-hybridized carbons (Fsp3) is 0.357. The summed E-state index contributed by atoms with van der Waals surface area (Å²) in [6, 6.07) is 6.29. The van der Waals surface area contributed by atoms with Gasteiger partial charge in [0.15, 0.2) is 0 Å². The molecule has 0 aliphatic rings. The number of carbonyl (C=O) groups is 1. The van der Waals surface area contributed by atoms with E-state index in [0.717, 1.165) is 5.56 Å². The van der Waals surface area contributed by atoms with E-state index in [-0.39, 0.29) is 23.4 Å². The van der Waals surface area contributed by atoms with Crippen LogP contribution in [0, 0.1) is 0 Å². The Hall–Kier alpha value is -1.70. The molecule has 0 fully saturated rings. The summed E-state index contributed by atoms with van der Waals surface area (Å²) in [5, 5.41) is 7.81. The zero-order valence-electron chi connectivity index (χ0n) is 12.2. The maximum atomic E-state index is 11.7. The molecule has 0 spiro atoms. The van der Waals surface area contributed by atoms with E-state index >= 15 is 0 Å². The molecule has 0 unspecified atom stereocenters. The van der Waals surface area contributed by atoms with Crippen molar-refractivity contribution in [1.82, 2.24) is 10.2 Å². The molecule has 21 heavy (non-hydrogen) atoms. The number of hydrogen-bond donors (Lipinski definition) is 2. The summed E-state index contributed by atoms with van der Waals surface area (Å²) in [5.41, 5.74) is 0.778. The molecule has 6 nitrogen and oxygen atoms in total. The highest BCUT2D eigenvalue weighted by Gasteiger charge is 2.16. The molecule has 0 aromatic heterocycles. The van der Waals surface area contributed by atoms with E-state index in [1.165, 1.54) is 12.1 Å². The molecule has 1 amide bonds. The van der Waals surface area contributed by atoms with Crippen LogP contribution in [0.1, 0.15) is 18.5 Å². The second-order valence-corrected chi connectivity index (χ2v) is 6.36. The van der Waals surface area contributed by atoms with Crippen LogP contribution in [-0.4, -0.2) is 39.4 Å². The number of nitrogens with one attached hydrogen (secondary N) is 1. The third-order valence-corrected chi connectivity index (χ3v) is 4.08. The monoisotopic (exact) mass is 311 g/mol. The van der Waals surface area contributed by atoms with Gasteiger partial charge in [-0.15, -0.1) is 6.58 Å². The molecular weight excluding hydrogens is 290 g/mol. The van der Waals surface area contributed by atoms with E-state index in [0.29, 0.717) is 6.54 Å². The minimum atomic E-state index is -3.73. The average Bonchev–Trinajstić information content (AvgIpc) is 2.43. The summed E-state index contributed by atoms with van der Waals surface area (Å²) in [5.74, 6) is -0.119. The lowest BCUT2D eigenvalue weighted by Crippen LogP contribution is -2.36. The Morgan fingerprint density at radius 2 is 2.19 bits per heavy atom. The number of sulfonamides is 1. The van der Waals surface area contributed by atoms with Crippen LogP contribution in [0.25, 0.3) is 0 Å². The SMILES string of the molecule is C=CCNC(=O)CN(C)[C@H](C)c1cccc(S(N)(=O)=O)c1. The van der Waals surface area contributed by atoms with Gasteiger partial charge in [0.2, 0.25) is 15.9 Å². The molecule has 0 saturated carbocycles. The van der Waals surface area contributed by atoms with Gasteiger partial charge in [0.05, 0.1) is 11.4 Å². The molecule has 0 bridgehead atoms. The molecule has 1 atom stereocenters. The quantitative estimate of drug-likeness (QED) is 0.722. The Balaban J connectivity index is 2.81. The maximum absolute atomic E-state index is 11.7. The first kappa shape index (κ1) is 17.4. The van der Waals surface area contributed by atoms with Crippen molar-refractivity contribution in [3.63, 3.8) is 0 Å². The summed E-state index contributed by atoms with van der Waals surface area (Å²) in [7, 11) is -1.94. The average molecular weight is 311 g/mol. The number of hydrogen-bond acceptors (Lipinski definition) is 4. The van der Waals surface area contributed by atoms with Crippen molar-refractivity contribution in [2.24, 2.45) is 5.14 Å². The Labute approximate surface area is 125 Å². The molecule has 1 rings (SSSR count). The number of primary sulfonamides is 1. The molecule has 0 radical (unpaired) electrons. The number of benzene rings is 1. The van der Waals surface area contributed by atoms with E-state index in [4.69, 9.17) is 5.14 Å². The van der Waals surface area contributed by atoms with Crippen molar-refractivity contribution >= 4 is 15.9 Å². The van der Waals surface area contributed by atoms with E-state index in [1.54, 1.807) is 25.3 Å². The minimum absolute atomic E-state index is 0.0661. The number of likely N-dealkylation sites (N-methyl/N-ethyl adjacent to an activating group) is 1. The van der Waals surface area contributed by atoms with E-state index in [1.807, 2.05) is 11.8 Å². The van der Waals surface area contributed by atoms with Crippen LogP contribution < -0.4 is 10.5 Å². The lowest BCUT2D eigenvalue weighted by molar-refractivity contribution is -0.122. The first-order chi connectivity index (χ1) is 9.75. The van der Waals surface area contributed by atoms with Crippen LogP contribution in [0.5, 0.6) is 0 Å². The fourth-order valence-electron chi connectivity index (χ4n) is 1.81. The highest BCUT2D eigenvalue weighted by atomic mass is 32.2. The van der Waals surface area contributed by atoms with E-state index < -0.39 is 10.0 Å².